The zero-order valence-electron chi connectivity index (χ0n) is 18.4. The van der Waals surface area contributed by atoms with Crippen LogP contribution in [0.2, 0.25) is 0 Å². The highest BCUT2D eigenvalue weighted by Gasteiger charge is 2.65. The van der Waals surface area contributed by atoms with E-state index < -0.39 is 16.8 Å². The molecule has 5 fully saturated rings. The largest absolute Gasteiger partial charge is 0.427 e. The third-order valence-electron chi connectivity index (χ3n) is 8.04. The lowest BCUT2D eigenvalue weighted by atomic mass is 9.41. The summed E-state index contributed by atoms with van der Waals surface area (Å²) >= 11 is 0. The van der Waals surface area contributed by atoms with E-state index in [0.717, 1.165) is 58.0 Å². The van der Waals surface area contributed by atoms with Crippen molar-refractivity contribution in [3.05, 3.63) is 33.4 Å². The fourth-order valence-corrected chi connectivity index (χ4v) is 8.27. The first-order chi connectivity index (χ1) is 14.0. The highest BCUT2D eigenvalue weighted by atomic mass is 16.4. The number of piperidine rings is 1. The number of nitrogens with one attached hydrogen (secondary N) is 2. The van der Waals surface area contributed by atoms with E-state index in [9.17, 15) is 14.7 Å². The van der Waals surface area contributed by atoms with Crippen molar-refractivity contribution in [1.29, 1.82) is 0 Å². The number of carbonyl (C=O) groups excluding carboxylic acids is 1. The maximum atomic E-state index is 13.3. The molecule has 3 N–H and O–H groups in total. The molecule has 1 aromatic heterocycles. The molecule has 6 rings (SSSR count). The Bertz CT molecular complexity index is 891. The van der Waals surface area contributed by atoms with Crippen LogP contribution in [0.25, 0.3) is 0 Å². The van der Waals surface area contributed by atoms with Gasteiger partial charge in [-0.15, -0.1) is 0 Å². The molecule has 5 aliphatic rings. The van der Waals surface area contributed by atoms with Crippen LogP contribution in [0.4, 0.5) is 0 Å². The Morgan fingerprint density at radius 1 is 1.17 bits per heavy atom. The molecule has 164 valence electrons. The molecule has 6 heteroatoms. The van der Waals surface area contributed by atoms with Crippen molar-refractivity contribution < 1.29 is 14.3 Å². The van der Waals surface area contributed by atoms with Gasteiger partial charge >= 0.3 is 5.63 Å². The van der Waals surface area contributed by atoms with E-state index in [4.69, 9.17) is 4.42 Å². The molecule has 4 aliphatic carbocycles. The second-order valence-corrected chi connectivity index (χ2v) is 11.7. The Labute approximate surface area is 177 Å². The molecule has 1 saturated heterocycles. The van der Waals surface area contributed by atoms with Gasteiger partial charge in [0, 0.05) is 18.0 Å². The molecule has 0 radical (unpaired) electrons. The Hall–Kier alpha value is -1.66. The normalized spacial score (nSPS) is 42.3. The van der Waals surface area contributed by atoms with E-state index in [1.807, 2.05) is 13.0 Å². The second-order valence-electron chi connectivity index (χ2n) is 11.7. The molecule has 3 atom stereocenters. The van der Waals surface area contributed by atoms with Crippen molar-refractivity contribution >= 4 is 5.91 Å². The summed E-state index contributed by atoms with van der Waals surface area (Å²) in [5.74, 6) is 0.497. The molecule has 6 nitrogen and oxygen atoms in total. The van der Waals surface area contributed by atoms with Gasteiger partial charge in [0.2, 0.25) is 0 Å². The van der Waals surface area contributed by atoms with Crippen LogP contribution in [-0.4, -0.2) is 35.2 Å². The number of hydrogen-bond donors (Lipinski definition) is 3. The van der Waals surface area contributed by atoms with Crippen LogP contribution in [-0.2, 0) is 0 Å². The van der Waals surface area contributed by atoms with E-state index in [1.165, 1.54) is 0 Å². The Morgan fingerprint density at radius 3 is 2.43 bits per heavy atom. The summed E-state index contributed by atoms with van der Waals surface area (Å²) in [7, 11) is 0. The highest BCUT2D eigenvalue weighted by molar-refractivity contribution is 5.95. The van der Waals surface area contributed by atoms with Gasteiger partial charge in [0.1, 0.15) is 11.3 Å². The van der Waals surface area contributed by atoms with Crippen LogP contribution in [0.1, 0.15) is 92.8 Å². The molecule has 0 spiro atoms. The highest BCUT2D eigenvalue weighted by Crippen LogP contribution is 2.67. The standard InChI is InChI=1S/C24H34N2O4/c1-15-7-17(16-5-4-6-25-8-16)30-20(28)18(15)19(27)26-23-10-21(2)9-22(3,11-23)13-24(29,12-21)14-23/h7,16,25,29H,4-6,8-14H2,1-3H3,(H,26,27). The van der Waals surface area contributed by atoms with E-state index in [2.05, 4.69) is 24.5 Å². The van der Waals surface area contributed by atoms with Gasteiger partial charge in [-0.3, -0.25) is 4.79 Å². The molecular formula is C24H34N2O4. The number of rotatable bonds is 3. The summed E-state index contributed by atoms with van der Waals surface area (Å²) in [6.45, 7) is 8.09. The fourth-order valence-electron chi connectivity index (χ4n) is 8.27. The molecule has 4 saturated carbocycles. The predicted octanol–water partition coefficient (Wildman–Crippen LogP) is 3.01. The van der Waals surface area contributed by atoms with Gasteiger partial charge in [-0.25, -0.2) is 4.79 Å². The van der Waals surface area contributed by atoms with Gasteiger partial charge in [0.05, 0.1) is 5.60 Å². The molecule has 30 heavy (non-hydrogen) atoms. The second kappa shape index (κ2) is 6.42. The number of hydrogen-bond acceptors (Lipinski definition) is 5. The molecule has 4 bridgehead atoms. The summed E-state index contributed by atoms with van der Waals surface area (Å²) in [5, 5.41) is 17.8. The molecule has 2 heterocycles. The van der Waals surface area contributed by atoms with Gasteiger partial charge in [-0.1, -0.05) is 13.8 Å². The van der Waals surface area contributed by atoms with Crippen LogP contribution in [0.15, 0.2) is 15.3 Å². The van der Waals surface area contributed by atoms with Crippen molar-refractivity contribution in [1.82, 2.24) is 10.6 Å². The van der Waals surface area contributed by atoms with Gasteiger partial charge in [-0.05, 0) is 87.3 Å². The minimum absolute atomic E-state index is 0.0308. The van der Waals surface area contributed by atoms with Crippen LogP contribution < -0.4 is 16.3 Å². The van der Waals surface area contributed by atoms with Crippen molar-refractivity contribution in [3.63, 3.8) is 0 Å². The Balaban J connectivity index is 1.43. The summed E-state index contributed by atoms with van der Waals surface area (Å²) < 4.78 is 5.62. The lowest BCUT2D eigenvalue weighted by molar-refractivity contribution is -0.202. The minimum atomic E-state index is -0.719. The minimum Gasteiger partial charge on any atom is -0.427 e. The number of aliphatic hydroxyl groups is 1. The van der Waals surface area contributed by atoms with Crippen molar-refractivity contribution in [2.45, 2.75) is 89.2 Å². The number of amides is 1. The lowest BCUT2D eigenvalue weighted by Gasteiger charge is -2.68. The zero-order chi connectivity index (χ0) is 21.4. The van der Waals surface area contributed by atoms with E-state index >= 15 is 0 Å². The molecule has 0 aromatic carbocycles. The van der Waals surface area contributed by atoms with Crippen molar-refractivity contribution in [2.24, 2.45) is 10.8 Å². The summed E-state index contributed by atoms with van der Waals surface area (Å²) in [6, 6.07) is 1.86. The Morgan fingerprint density at radius 2 is 1.87 bits per heavy atom. The van der Waals surface area contributed by atoms with Crippen LogP contribution in [0, 0.1) is 17.8 Å². The first kappa shape index (κ1) is 20.3. The van der Waals surface area contributed by atoms with E-state index in [1.54, 1.807) is 0 Å². The third kappa shape index (κ3) is 3.32. The van der Waals surface area contributed by atoms with Gasteiger partial charge in [0.25, 0.3) is 5.91 Å². The van der Waals surface area contributed by atoms with Crippen LogP contribution >= 0.6 is 0 Å². The first-order valence-electron chi connectivity index (χ1n) is 11.4. The zero-order valence-corrected chi connectivity index (χ0v) is 18.4. The first-order valence-corrected chi connectivity index (χ1v) is 11.4. The fraction of sp³-hybridized carbons (Fsp3) is 0.750. The molecule has 1 amide bonds. The molecule has 3 unspecified atom stereocenters. The van der Waals surface area contributed by atoms with Crippen molar-refractivity contribution in [2.75, 3.05) is 13.1 Å². The molecule has 1 aliphatic heterocycles. The van der Waals surface area contributed by atoms with Gasteiger partial charge in [-0.2, -0.15) is 0 Å². The summed E-state index contributed by atoms with van der Waals surface area (Å²) in [5.41, 5.74) is -0.871. The van der Waals surface area contributed by atoms with Crippen LogP contribution in [0.3, 0.4) is 0 Å². The molecular weight excluding hydrogens is 380 g/mol. The Kier molecular flexibility index (Phi) is 4.34. The van der Waals surface area contributed by atoms with Crippen LogP contribution in [0.5, 0.6) is 0 Å². The topological polar surface area (TPSA) is 91.6 Å². The van der Waals surface area contributed by atoms with Crippen molar-refractivity contribution in [3.8, 4) is 0 Å². The average molecular weight is 415 g/mol. The van der Waals surface area contributed by atoms with Gasteiger partial charge in [0.15, 0.2) is 0 Å². The molecule has 1 aromatic rings. The summed E-state index contributed by atoms with van der Waals surface area (Å²) in [6.07, 6.45) is 7.04. The number of aryl methyl sites for hydroxylation is 1. The smallest absolute Gasteiger partial charge is 0.349 e. The SMILES string of the molecule is Cc1cc(C2CCCNC2)oc(=O)c1C(=O)NC12CC3(C)CC(C)(CC(O)(C3)C1)C2. The quantitative estimate of drug-likeness (QED) is 0.707. The summed E-state index contributed by atoms with van der Waals surface area (Å²) in [4.78, 5) is 26.1. The monoisotopic (exact) mass is 414 g/mol. The predicted molar refractivity (Wildman–Crippen MR) is 114 cm³/mol. The number of carbonyl (C=O) groups is 1. The van der Waals surface area contributed by atoms with Gasteiger partial charge < -0.3 is 20.2 Å². The van der Waals surface area contributed by atoms with E-state index in [0.29, 0.717) is 17.7 Å². The van der Waals surface area contributed by atoms with E-state index in [-0.39, 0.29) is 28.2 Å². The maximum Gasteiger partial charge on any atom is 0.349 e. The third-order valence-corrected chi connectivity index (χ3v) is 8.04. The lowest BCUT2D eigenvalue weighted by Crippen LogP contribution is -2.70. The average Bonchev–Trinajstić information content (AvgIpc) is 2.57. The maximum absolute atomic E-state index is 13.3.